The highest BCUT2D eigenvalue weighted by Gasteiger charge is 2.12. The highest BCUT2D eigenvalue weighted by molar-refractivity contribution is 5.69. The zero-order valence-corrected chi connectivity index (χ0v) is 13.3. The van der Waals surface area contributed by atoms with Crippen molar-refractivity contribution < 1.29 is 9.53 Å². The molecule has 1 N–H and O–H groups in total. The summed E-state index contributed by atoms with van der Waals surface area (Å²) in [6, 6.07) is 7.23. The minimum absolute atomic E-state index is 0.0965. The highest BCUT2D eigenvalue weighted by Crippen LogP contribution is 2.24. The van der Waals surface area contributed by atoms with E-state index < -0.39 is 0 Å². The molecular formula is C18H27NO2. The summed E-state index contributed by atoms with van der Waals surface area (Å²) in [4.78, 5) is 11.3. The zero-order valence-electron chi connectivity index (χ0n) is 13.3. The van der Waals surface area contributed by atoms with Gasteiger partial charge in [-0.3, -0.25) is 4.79 Å². The lowest BCUT2D eigenvalue weighted by Gasteiger charge is -2.20. The van der Waals surface area contributed by atoms with Crippen LogP contribution in [-0.4, -0.2) is 19.1 Å². The summed E-state index contributed by atoms with van der Waals surface area (Å²) >= 11 is 0. The van der Waals surface area contributed by atoms with Crippen LogP contribution in [-0.2, 0) is 22.4 Å². The van der Waals surface area contributed by atoms with E-state index in [1.165, 1.54) is 42.4 Å². The predicted molar refractivity (Wildman–Crippen MR) is 85.4 cm³/mol. The molecule has 1 aromatic rings. The van der Waals surface area contributed by atoms with Gasteiger partial charge in [0.2, 0.25) is 0 Å². The lowest BCUT2D eigenvalue weighted by Crippen LogP contribution is -2.21. The van der Waals surface area contributed by atoms with Crippen LogP contribution in [0.4, 0.5) is 0 Å². The van der Waals surface area contributed by atoms with Crippen molar-refractivity contribution in [3.05, 3.63) is 34.9 Å². The molecule has 2 rings (SSSR count). The molecule has 0 saturated heterocycles. The molecular weight excluding hydrogens is 262 g/mol. The second-order valence-electron chi connectivity index (χ2n) is 5.82. The van der Waals surface area contributed by atoms with Crippen molar-refractivity contribution in [2.24, 2.45) is 0 Å². The molecule has 1 atom stereocenters. The van der Waals surface area contributed by atoms with Crippen LogP contribution in [0.5, 0.6) is 0 Å². The fourth-order valence-electron chi connectivity index (χ4n) is 2.93. The number of hydrogen-bond donors (Lipinski definition) is 1. The van der Waals surface area contributed by atoms with Crippen molar-refractivity contribution in [1.29, 1.82) is 0 Å². The summed E-state index contributed by atoms with van der Waals surface area (Å²) in [6.07, 6.45) is 6.42. The second kappa shape index (κ2) is 8.18. The van der Waals surface area contributed by atoms with Gasteiger partial charge in [-0.05, 0) is 69.2 Å². The van der Waals surface area contributed by atoms with Gasteiger partial charge in [0.05, 0.1) is 6.61 Å². The van der Waals surface area contributed by atoms with Crippen LogP contribution in [0, 0.1) is 0 Å². The first-order chi connectivity index (χ1) is 10.2. The summed E-state index contributed by atoms with van der Waals surface area (Å²) in [5.74, 6) is -0.0965. The molecule has 0 bridgehead atoms. The molecule has 1 aliphatic carbocycles. The van der Waals surface area contributed by atoms with Crippen LogP contribution in [0.2, 0.25) is 0 Å². The van der Waals surface area contributed by atoms with E-state index in [0.717, 1.165) is 13.0 Å². The van der Waals surface area contributed by atoms with E-state index >= 15 is 0 Å². The Morgan fingerprint density at radius 3 is 2.81 bits per heavy atom. The Kier molecular flexibility index (Phi) is 6.24. The van der Waals surface area contributed by atoms with Crippen molar-refractivity contribution >= 4 is 5.97 Å². The number of benzene rings is 1. The monoisotopic (exact) mass is 289 g/mol. The van der Waals surface area contributed by atoms with Crippen LogP contribution in [0.25, 0.3) is 0 Å². The van der Waals surface area contributed by atoms with Crippen LogP contribution in [0.15, 0.2) is 18.2 Å². The van der Waals surface area contributed by atoms with Gasteiger partial charge >= 0.3 is 5.97 Å². The van der Waals surface area contributed by atoms with Crippen molar-refractivity contribution in [2.45, 2.75) is 58.4 Å². The van der Waals surface area contributed by atoms with Gasteiger partial charge in [0.1, 0.15) is 0 Å². The lowest BCUT2D eigenvalue weighted by atomic mass is 9.89. The molecule has 116 valence electrons. The van der Waals surface area contributed by atoms with Gasteiger partial charge in [0.15, 0.2) is 0 Å². The summed E-state index contributed by atoms with van der Waals surface area (Å²) < 4.78 is 4.93. The first-order valence-electron chi connectivity index (χ1n) is 8.21. The molecule has 1 unspecified atom stereocenters. The molecule has 1 aromatic carbocycles. The number of carbonyl (C=O) groups excluding carboxylic acids is 1. The summed E-state index contributed by atoms with van der Waals surface area (Å²) in [7, 11) is 0. The number of aryl methyl sites for hydroxylation is 2. The van der Waals surface area contributed by atoms with Crippen molar-refractivity contribution in [3.8, 4) is 0 Å². The van der Waals surface area contributed by atoms with E-state index in [9.17, 15) is 4.79 Å². The van der Waals surface area contributed by atoms with E-state index in [-0.39, 0.29) is 5.97 Å². The molecule has 0 fully saturated rings. The number of esters is 1. The minimum atomic E-state index is -0.0965. The zero-order chi connectivity index (χ0) is 15.1. The molecule has 3 heteroatoms. The first kappa shape index (κ1) is 16.0. The Balaban J connectivity index is 1.78. The number of ether oxygens (including phenoxy) is 1. The molecule has 21 heavy (non-hydrogen) atoms. The third-order valence-electron chi connectivity index (χ3n) is 4.19. The first-order valence-corrected chi connectivity index (χ1v) is 8.21. The molecule has 0 aromatic heterocycles. The molecule has 0 aliphatic heterocycles. The predicted octanol–water partition coefficient (Wildman–Crippen LogP) is 3.56. The molecule has 0 radical (unpaired) electrons. The van der Waals surface area contributed by atoms with Crippen LogP contribution in [0.3, 0.4) is 0 Å². The van der Waals surface area contributed by atoms with E-state index in [1.807, 2.05) is 6.92 Å². The minimum Gasteiger partial charge on any atom is -0.466 e. The van der Waals surface area contributed by atoms with Gasteiger partial charge in [0.25, 0.3) is 0 Å². The van der Waals surface area contributed by atoms with Crippen molar-refractivity contribution in [1.82, 2.24) is 5.32 Å². The molecule has 0 saturated carbocycles. The maximum atomic E-state index is 11.3. The number of nitrogens with one attached hydrogen (secondary N) is 1. The number of hydrogen-bond acceptors (Lipinski definition) is 3. The van der Waals surface area contributed by atoms with Gasteiger partial charge in [-0.25, -0.2) is 0 Å². The standard InChI is InChI=1S/C18H27NO2/c1-3-21-18(20)9-6-12-19-14(2)16-11-10-15-7-4-5-8-17(15)13-16/h10-11,13-14,19H,3-9,12H2,1-2H3. The topological polar surface area (TPSA) is 38.3 Å². The molecule has 0 heterocycles. The average Bonchev–Trinajstić information content (AvgIpc) is 2.51. The van der Waals surface area contributed by atoms with Gasteiger partial charge in [-0.2, -0.15) is 0 Å². The molecule has 0 amide bonds. The van der Waals surface area contributed by atoms with Gasteiger partial charge < -0.3 is 10.1 Å². The highest BCUT2D eigenvalue weighted by atomic mass is 16.5. The smallest absolute Gasteiger partial charge is 0.305 e. The van der Waals surface area contributed by atoms with Crippen LogP contribution >= 0.6 is 0 Å². The third kappa shape index (κ3) is 4.85. The van der Waals surface area contributed by atoms with Gasteiger partial charge in [-0.1, -0.05) is 18.2 Å². The summed E-state index contributed by atoms with van der Waals surface area (Å²) in [5.41, 5.74) is 4.41. The van der Waals surface area contributed by atoms with Gasteiger partial charge in [-0.15, -0.1) is 0 Å². The number of rotatable bonds is 7. The Hall–Kier alpha value is -1.35. The lowest BCUT2D eigenvalue weighted by molar-refractivity contribution is -0.143. The molecule has 1 aliphatic rings. The average molecular weight is 289 g/mol. The quantitative estimate of drug-likeness (QED) is 0.616. The fourth-order valence-corrected chi connectivity index (χ4v) is 2.93. The maximum absolute atomic E-state index is 11.3. The van der Waals surface area contributed by atoms with E-state index in [4.69, 9.17) is 4.74 Å². The molecule has 3 nitrogen and oxygen atoms in total. The Morgan fingerprint density at radius 1 is 1.29 bits per heavy atom. The van der Waals surface area contributed by atoms with Crippen molar-refractivity contribution in [3.63, 3.8) is 0 Å². The number of fused-ring (bicyclic) bond motifs is 1. The Labute approximate surface area is 128 Å². The third-order valence-corrected chi connectivity index (χ3v) is 4.19. The largest absolute Gasteiger partial charge is 0.466 e. The van der Waals surface area contributed by atoms with E-state index in [2.05, 4.69) is 30.4 Å². The van der Waals surface area contributed by atoms with Crippen LogP contribution in [0.1, 0.15) is 62.3 Å². The normalized spacial score (nSPS) is 15.3. The van der Waals surface area contributed by atoms with Crippen molar-refractivity contribution in [2.75, 3.05) is 13.2 Å². The van der Waals surface area contributed by atoms with Gasteiger partial charge in [0, 0.05) is 12.5 Å². The Morgan fingerprint density at radius 2 is 2.05 bits per heavy atom. The SMILES string of the molecule is CCOC(=O)CCCNC(C)c1ccc2c(c1)CCCC2. The molecule has 0 spiro atoms. The van der Waals surface area contributed by atoms with E-state index in [1.54, 1.807) is 0 Å². The second-order valence-corrected chi connectivity index (χ2v) is 5.82. The summed E-state index contributed by atoms with van der Waals surface area (Å²) in [6.45, 7) is 5.35. The Bertz CT molecular complexity index is 470. The fraction of sp³-hybridized carbons (Fsp3) is 0.611. The van der Waals surface area contributed by atoms with E-state index in [0.29, 0.717) is 19.1 Å². The summed E-state index contributed by atoms with van der Waals surface area (Å²) in [5, 5.41) is 3.50. The maximum Gasteiger partial charge on any atom is 0.305 e. The van der Waals surface area contributed by atoms with Crippen LogP contribution < -0.4 is 5.32 Å². The number of carbonyl (C=O) groups is 1.